The molecule has 0 saturated heterocycles. The number of hydrogen-bond donors (Lipinski definition) is 1. The van der Waals surface area contributed by atoms with Crippen LogP contribution in [-0.4, -0.2) is 15.1 Å². The van der Waals surface area contributed by atoms with E-state index in [9.17, 15) is 5.11 Å². The largest absolute Gasteiger partial charge is 0.388 e. The Morgan fingerprint density at radius 2 is 1.88 bits per heavy atom. The van der Waals surface area contributed by atoms with E-state index in [4.69, 9.17) is 0 Å². The summed E-state index contributed by atoms with van der Waals surface area (Å²) in [6.45, 7) is 4.32. The quantitative estimate of drug-likeness (QED) is 0.877. The summed E-state index contributed by atoms with van der Waals surface area (Å²) in [5, 5.41) is 10.2. The molecule has 1 heterocycles. The highest BCUT2D eigenvalue weighted by molar-refractivity contribution is 5.77. The van der Waals surface area contributed by atoms with E-state index in [1.807, 2.05) is 18.2 Å². The molecule has 90 valence electrons. The van der Waals surface area contributed by atoms with Gasteiger partial charge in [0, 0.05) is 18.0 Å². The first-order chi connectivity index (χ1) is 8.18. The normalized spacial score (nSPS) is 13.2. The topological polar surface area (TPSA) is 46.0 Å². The average molecular weight is 230 g/mol. The van der Waals surface area contributed by atoms with E-state index in [0.717, 1.165) is 29.4 Å². The van der Waals surface area contributed by atoms with Crippen molar-refractivity contribution >= 4 is 11.0 Å². The molecule has 0 aliphatic carbocycles. The minimum absolute atomic E-state index is 0.446. The molecule has 0 spiro atoms. The van der Waals surface area contributed by atoms with Gasteiger partial charge in [-0.3, -0.25) is 9.97 Å². The summed E-state index contributed by atoms with van der Waals surface area (Å²) in [7, 11) is 0. The zero-order chi connectivity index (χ0) is 12.3. The standard InChI is InChI=1S/C14H18N2O/c1-10(2)6-7-13(17)11-4-3-5-12-14(11)16-9-8-15-12/h3-5,8-10,13,17H,6-7H2,1-2H3. The van der Waals surface area contributed by atoms with Crippen LogP contribution < -0.4 is 0 Å². The first-order valence-electron chi connectivity index (χ1n) is 6.06. The van der Waals surface area contributed by atoms with Gasteiger partial charge in [0.25, 0.3) is 0 Å². The Kier molecular flexibility index (Phi) is 3.69. The Morgan fingerprint density at radius 1 is 1.12 bits per heavy atom. The Balaban J connectivity index is 2.28. The second-order valence-electron chi connectivity index (χ2n) is 4.76. The fraction of sp³-hybridized carbons (Fsp3) is 0.429. The molecule has 2 rings (SSSR count). The van der Waals surface area contributed by atoms with Gasteiger partial charge in [0.15, 0.2) is 0 Å². The van der Waals surface area contributed by atoms with Crippen LogP contribution in [0.4, 0.5) is 0 Å². The van der Waals surface area contributed by atoms with Crippen LogP contribution in [0.25, 0.3) is 11.0 Å². The van der Waals surface area contributed by atoms with Crippen molar-refractivity contribution in [1.82, 2.24) is 9.97 Å². The highest BCUT2D eigenvalue weighted by Crippen LogP contribution is 2.25. The highest BCUT2D eigenvalue weighted by Gasteiger charge is 2.12. The second kappa shape index (κ2) is 5.23. The summed E-state index contributed by atoms with van der Waals surface area (Å²) in [6, 6.07) is 5.77. The number of rotatable bonds is 4. The molecule has 1 aromatic carbocycles. The molecule has 1 atom stereocenters. The lowest BCUT2D eigenvalue weighted by Gasteiger charge is -2.13. The van der Waals surface area contributed by atoms with Crippen molar-refractivity contribution in [2.75, 3.05) is 0 Å². The van der Waals surface area contributed by atoms with E-state index >= 15 is 0 Å². The molecule has 1 unspecified atom stereocenters. The molecule has 0 bridgehead atoms. The molecule has 2 aromatic rings. The number of aromatic nitrogens is 2. The molecule has 0 aliphatic heterocycles. The van der Waals surface area contributed by atoms with Crippen molar-refractivity contribution in [3.05, 3.63) is 36.2 Å². The van der Waals surface area contributed by atoms with Crippen LogP contribution >= 0.6 is 0 Å². The maximum absolute atomic E-state index is 10.2. The van der Waals surface area contributed by atoms with Crippen LogP contribution in [0.2, 0.25) is 0 Å². The van der Waals surface area contributed by atoms with Gasteiger partial charge in [0.1, 0.15) is 0 Å². The monoisotopic (exact) mass is 230 g/mol. The molecule has 1 N–H and O–H groups in total. The summed E-state index contributed by atoms with van der Waals surface area (Å²) >= 11 is 0. The summed E-state index contributed by atoms with van der Waals surface area (Å²) in [5.41, 5.74) is 2.54. The SMILES string of the molecule is CC(C)CCC(O)c1cccc2nccnc12. The van der Waals surface area contributed by atoms with E-state index < -0.39 is 6.10 Å². The highest BCUT2D eigenvalue weighted by atomic mass is 16.3. The third kappa shape index (κ3) is 2.80. The fourth-order valence-electron chi connectivity index (χ4n) is 1.93. The van der Waals surface area contributed by atoms with Gasteiger partial charge >= 0.3 is 0 Å². The van der Waals surface area contributed by atoms with Gasteiger partial charge in [0.05, 0.1) is 17.1 Å². The van der Waals surface area contributed by atoms with E-state index in [-0.39, 0.29) is 0 Å². The lowest BCUT2D eigenvalue weighted by atomic mass is 9.99. The van der Waals surface area contributed by atoms with Gasteiger partial charge in [-0.05, 0) is 24.8 Å². The van der Waals surface area contributed by atoms with Crippen LogP contribution in [0.1, 0.15) is 38.4 Å². The van der Waals surface area contributed by atoms with E-state index in [1.54, 1.807) is 12.4 Å². The minimum Gasteiger partial charge on any atom is -0.388 e. The molecular weight excluding hydrogens is 212 g/mol. The van der Waals surface area contributed by atoms with Crippen LogP contribution in [-0.2, 0) is 0 Å². The molecular formula is C14H18N2O. The number of benzene rings is 1. The smallest absolute Gasteiger partial charge is 0.0944 e. The van der Waals surface area contributed by atoms with Crippen molar-refractivity contribution in [2.45, 2.75) is 32.8 Å². The molecule has 0 amide bonds. The number of aliphatic hydroxyl groups is 1. The maximum atomic E-state index is 10.2. The van der Waals surface area contributed by atoms with Gasteiger partial charge in [0.2, 0.25) is 0 Å². The van der Waals surface area contributed by atoms with Crippen molar-refractivity contribution in [2.24, 2.45) is 5.92 Å². The molecule has 3 heteroatoms. The lowest BCUT2D eigenvalue weighted by Crippen LogP contribution is -2.02. The van der Waals surface area contributed by atoms with Crippen LogP contribution in [0.15, 0.2) is 30.6 Å². The van der Waals surface area contributed by atoms with Gasteiger partial charge in [-0.1, -0.05) is 26.0 Å². The first-order valence-corrected chi connectivity index (χ1v) is 6.06. The van der Waals surface area contributed by atoms with Gasteiger partial charge in [-0.2, -0.15) is 0 Å². The van der Waals surface area contributed by atoms with E-state index in [1.165, 1.54) is 0 Å². The average Bonchev–Trinajstić information content (AvgIpc) is 2.35. The lowest BCUT2D eigenvalue weighted by molar-refractivity contribution is 0.160. The molecule has 0 radical (unpaired) electrons. The Bertz CT molecular complexity index is 491. The maximum Gasteiger partial charge on any atom is 0.0944 e. The second-order valence-corrected chi connectivity index (χ2v) is 4.76. The summed E-state index contributed by atoms with van der Waals surface area (Å²) in [6.07, 6.45) is 4.68. The molecule has 1 aromatic heterocycles. The zero-order valence-electron chi connectivity index (χ0n) is 10.3. The van der Waals surface area contributed by atoms with Gasteiger partial charge < -0.3 is 5.11 Å². The predicted octanol–water partition coefficient (Wildman–Crippen LogP) is 3.10. The van der Waals surface area contributed by atoms with E-state index in [0.29, 0.717) is 5.92 Å². The number of fused-ring (bicyclic) bond motifs is 1. The number of para-hydroxylation sites is 1. The predicted molar refractivity (Wildman–Crippen MR) is 68.6 cm³/mol. The van der Waals surface area contributed by atoms with E-state index in [2.05, 4.69) is 23.8 Å². The third-order valence-corrected chi connectivity index (χ3v) is 2.91. The first kappa shape index (κ1) is 12.0. The van der Waals surface area contributed by atoms with Crippen molar-refractivity contribution in [3.8, 4) is 0 Å². The number of nitrogens with zero attached hydrogens (tertiary/aromatic N) is 2. The van der Waals surface area contributed by atoms with Crippen molar-refractivity contribution in [3.63, 3.8) is 0 Å². The summed E-state index contributed by atoms with van der Waals surface area (Å²) < 4.78 is 0. The number of aliphatic hydroxyl groups excluding tert-OH is 1. The van der Waals surface area contributed by atoms with Crippen LogP contribution in [0, 0.1) is 5.92 Å². The van der Waals surface area contributed by atoms with Crippen LogP contribution in [0.5, 0.6) is 0 Å². The molecule has 0 saturated carbocycles. The fourth-order valence-corrected chi connectivity index (χ4v) is 1.93. The van der Waals surface area contributed by atoms with Gasteiger partial charge in [-0.25, -0.2) is 0 Å². The van der Waals surface area contributed by atoms with Crippen molar-refractivity contribution < 1.29 is 5.11 Å². The summed E-state index contributed by atoms with van der Waals surface area (Å²) in [5.74, 6) is 0.603. The Hall–Kier alpha value is -1.48. The van der Waals surface area contributed by atoms with Crippen molar-refractivity contribution in [1.29, 1.82) is 0 Å². The molecule has 0 aliphatic rings. The molecule has 0 fully saturated rings. The molecule has 17 heavy (non-hydrogen) atoms. The summed E-state index contributed by atoms with van der Waals surface area (Å²) in [4.78, 5) is 8.55. The number of hydrogen-bond acceptors (Lipinski definition) is 3. The minimum atomic E-state index is -0.446. The van der Waals surface area contributed by atoms with Crippen LogP contribution in [0.3, 0.4) is 0 Å². The molecule has 3 nitrogen and oxygen atoms in total. The van der Waals surface area contributed by atoms with Gasteiger partial charge in [-0.15, -0.1) is 0 Å². The third-order valence-electron chi connectivity index (χ3n) is 2.91. The Morgan fingerprint density at radius 3 is 2.65 bits per heavy atom. The zero-order valence-corrected chi connectivity index (χ0v) is 10.3. The Labute approximate surface area is 102 Å².